The first-order valence-corrected chi connectivity index (χ1v) is 6.63. The summed E-state index contributed by atoms with van der Waals surface area (Å²) in [5, 5.41) is 7.28. The summed E-state index contributed by atoms with van der Waals surface area (Å²) < 4.78 is 2.90. The molecule has 0 fully saturated rings. The fourth-order valence-electron chi connectivity index (χ4n) is 2.66. The average molecular weight is 255 g/mol. The zero-order chi connectivity index (χ0) is 13.4. The summed E-state index contributed by atoms with van der Waals surface area (Å²) in [7, 11) is 0. The van der Waals surface area contributed by atoms with Gasteiger partial charge in [0.05, 0.1) is 0 Å². The molecule has 0 aliphatic heterocycles. The van der Waals surface area contributed by atoms with Crippen molar-refractivity contribution in [3.8, 4) is 0 Å². The molecule has 3 nitrogen and oxygen atoms in total. The summed E-state index contributed by atoms with van der Waals surface area (Å²) in [4.78, 5) is 0. The predicted molar refractivity (Wildman–Crippen MR) is 74.9 cm³/mol. The first-order chi connectivity index (χ1) is 7.54. The smallest absolute Gasteiger partial charge is 0.195 e. The van der Waals surface area contributed by atoms with E-state index in [1.165, 1.54) is 0 Å². The molecule has 0 aliphatic carbocycles. The molecule has 0 radical (unpaired) electrons. The topological polar surface area (TPSA) is 33.6 Å². The molecular formula is C13H25N3S. The van der Waals surface area contributed by atoms with Crippen molar-refractivity contribution in [2.75, 3.05) is 0 Å². The molecule has 0 amide bonds. The quantitative estimate of drug-likeness (QED) is 0.820. The monoisotopic (exact) mass is 255 g/mol. The molecule has 0 spiro atoms. The lowest BCUT2D eigenvalue weighted by Crippen LogP contribution is -2.33. The molecule has 1 aromatic heterocycles. The molecule has 0 aromatic carbocycles. The first kappa shape index (κ1) is 14.4. The van der Waals surface area contributed by atoms with Gasteiger partial charge in [-0.05, 0) is 37.9 Å². The molecule has 0 atom stereocenters. The maximum atomic E-state index is 5.37. The molecule has 0 saturated heterocycles. The van der Waals surface area contributed by atoms with E-state index in [9.17, 15) is 0 Å². The molecule has 0 bridgehead atoms. The maximum Gasteiger partial charge on any atom is 0.195 e. The van der Waals surface area contributed by atoms with Crippen LogP contribution in [-0.2, 0) is 5.54 Å². The van der Waals surface area contributed by atoms with E-state index < -0.39 is 0 Å². The third-order valence-corrected chi connectivity index (χ3v) is 3.06. The van der Waals surface area contributed by atoms with E-state index in [0.29, 0.717) is 5.92 Å². The SMILES string of the molecule is CC(C)c1n[nH]c(=S)n1C(C)(C)CC(C)(C)C. The summed E-state index contributed by atoms with van der Waals surface area (Å²) in [6, 6.07) is 0. The van der Waals surface area contributed by atoms with Gasteiger partial charge in [0.25, 0.3) is 0 Å². The van der Waals surface area contributed by atoms with Crippen molar-refractivity contribution in [2.24, 2.45) is 5.41 Å². The number of nitrogens with zero attached hydrogens (tertiary/aromatic N) is 2. The van der Waals surface area contributed by atoms with E-state index in [4.69, 9.17) is 12.2 Å². The molecule has 98 valence electrons. The number of hydrogen-bond acceptors (Lipinski definition) is 2. The Morgan fingerprint density at radius 2 is 1.76 bits per heavy atom. The van der Waals surface area contributed by atoms with Crippen molar-refractivity contribution in [3.05, 3.63) is 10.6 Å². The van der Waals surface area contributed by atoms with Crippen molar-refractivity contribution < 1.29 is 0 Å². The van der Waals surface area contributed by atoms with Crippen LogP contribution in [0.1, 0.15) is 66.6 Å². The van der Waals surface area contributed by atoms with Crippen LogP contribution in [0, 0.1) is 10.2 Å². The highest BCUT2D eigenvalue weighted by atomic mass is 32.1. The highest BCUT2D eigenvalue weighted by molar-refractivity contribution is 7.71. The van der Waals surface area contributed by atoms with Crippen molar-refractivity contribution in [2.45, 2.75) is 66.3 Å². The van der Waals surface area contributed by atoms with E-state index in [0.717, 1.165) is 17.0 Å². The van der Waals surface area contributed by atoms with Gasteiger partial charge in [-0.1, -0.05) is 34.6 Å². The number of aromatic nitrogens is 3. The van der Waals surface area contributed by atoms with Crippen molar-refractivity contribution in [3.63, 3.8) is 0 Å². The van der Waals surface area contributed by atoms with E-state index in [2.05, 4.69) is 63.2 Å². The average Bonchev–Trinajstić information content (AvgIpc) is 2.42. The molecule has 0 aliphatic rings. The summed E-state index contributed by atoms with van der Waals surface area (Å²) in [6.45, 7) is 15.5. The Morgan fingerprint density at radius 3 is 2.18 bits per heavy atom. The highest BCUT2D eigenvalue weighted by Crippen LogP contribution is 2.34. The van der Waals surface area contributed by atoms with Gasteiger partial charge in [0.1, 0.15) is 5.82 Å². The third kappa shape index (κ3) is 3.41. The van der Waals surface area contributed by atoms with Gasteiger partial charge in [-0.15, -0.1) is 0 Å². The number of hydrogen-bond donors (Lipinski definition) is 1. The van der Waals surface area contributed by atoms with E-state index in [-0.39, 0.29) is 11.0 Å². The molecule has 1 heterocycles. The number of rotatable bonds is 3. The normalized spacial score (nSPS) is 13.4. The lowest BCUT2D eigenvalue weighted by atomic mass is 9.81. The van der Waals surface area contributed by atoms with Gasteiger partial charge in [0.2, 0.25) is 0 Å². The fourth-order valence-corrected chi connectivity index (χ4v) is 3.04. The van der Waals surface area contributed by atoms with Crippen LogP contribution in [0.2, 0.25) is 0 Å². The molecule has 17 heavy (non-hydrogen) atoms. The molecule has 1 N–H and O–H groups in total. The maximum absolute atomic E-state index is 5.37. The molecule has 1 rings (SSSR count). The Kier molecular flexibility index (Phi) is 3.87. The second kappa shape index (κ2) is 4.56. The second-order valence-corrected chi connectivity index (χ2v) is 7.31. The highest BCUT2D eigenvalue weighted by Gasteiger charge is 2.30. The van der Waals surface area contributed by atoms with Gasteiger partial charge in [0, 0.05) is 11.5 Å². The zero-order valence-corrected chi connectivity index (χ0v) is 12.9. The minimum atomic E-state index is -0.0120. The molecule has 4 heteroatoms. The zero-order valence-electron chi connectivity index (χ0n) is 12.1. The molecule has 0 saturated carbocycles. The van der Waals surface area contributed by atoms with Crippen LogP contribution >= 0.6 is 12.2 Å². The van der Waals surface area contributed by atoms with Crippen molar-refractivity contribution in [1.82, 2.24) is 14.8 Å². The summed E-state index contributed by atoms with van der Waals surface area (Å²) >= 11 is 5.37. The Balaban J connectivity index is 3.23. The van der Waals surface area contributed by atoms with Gasteiger partial charge in [-0.25, -0.2) is 0 Å². The second-order valence-electron chi connectivity index (χ2n) is 6.93. The number of aromatic amines is 1. The Hall–Kier alpha value is -0.640. The van der Waals surface area contributed by atoms with Gasteiger partial charge in [-0.3, -0.25) is 9.67 Å². The Labute approximate surface area is 110 Å². The minimum absolute atomic E-state index is 0.0120. The van der Waals surface area contributed by atoms with Crippen LogP contribution < -0.4 is 0 Å². The minimum Gasteiger partial charge on any atom is -0.298 e. The van der Waals surface area contributed by atoms with E-state index >= 15 is 0 Å². The largest absolute Gasteiger partial charge is 0.298 e. The molecule has 0 unspecified atom stereocenters. The summed E-state index contributed by atoms with van der Waals surface area (Å²) in [5.41, 5.74) is 0.256. The molecule has 1 aromatic rings. The van der Waals surface area contributed by atoms with Crippen molar-refractivity contribution >= 4 is 12.2 Å². The third-order valence-electron chi connectivity index (χ3n) is 2.78. The van der Waals surface area contributed by atoms with Gasteiger partial charge in [-0.2, -0.15) is 5.10 Å². The van der Waals surface area contributed by atoms with Crippen LogP contribution in [0.15, 0.2) is 0 Å². The van der Waals surface area contributed by atoms with Crippen LogP contribution in [0.3, 0.4) is 0 Å². The van der Waals surface area contributed by atoms with Gasteiger partial charge >= 0.3 is 0 Å². The summed E-state index contributed by atoms with van der Waals surface area (Å²) in [6.07, 6.45) is 1.06. The Bertz CT molecular complexity index is 432. The van der Waals surface area contributed by atoms with Crippen molar-refractivity contribution in [1.29, 1.82) is 0 Å². The fraction of sp³-hybridized carbons (Fsp3) is 0.846. The standard InChI is InChI=1S/C13H25N3S/c1-9(2)10-14-15-11(17)16(10)13(6,7)8-12(3,4)5/h9H,8H2,1-7H3,(H,15,17). The number of H-pyrrole nitrogens is 1. The first-order valence-electron chi connectivity index (χ1n) is 6.22. The Morgan fingerprint density at radius 1 is 1.24 bits per heavy atom. The van der Waals surface area contributed by atoms with Crippen LogP contribution in [0.4, 0.5) is 0 Å². The van der Waals surface area contributed by atoms with Crippen LogP contribution in [0.25, 0.3) is 0 Å². The van der Waals surface area contributed by atoms with Gasteiger partial charge in [0.15, 0.2) is 4.77 Å². The molecular weight excluding hydrogens is 230 g/mol. The van der Waals surface area contributed by atoms with E-state index in [1.54, 1.807) is 0 Å². The van der Waals surface area contributed by atoms with Crippen LogP contribution in [-0.4, -0.2) is 14.8 Å². The lowest BCUT2D eigenvalue weighted by molar-refractivity contribution is 0.207. The van der Waals surface area contributed by atoms with E-state index in [1.807, 2.05) is 0 Å². The van der Waals surface area contributed by atoms with Crippen LogP contribution in [0.5, 0.6) is 0 Å². The lowest BCUT2D eigenvalue weighted by Gasteiger charge is -2.34. The van der Waals surface area contributed by atoms with Gasteiger partial charge < -0.3 is 0 Å². The number of nitrogens with one attached hydrogen (secondary N) is 1. The summed E-state index contributed by atoms with van der Waals surface area (Å²) in [5.74, 6) is 1.42. The predicted octanol–water partition coefficient (Wildman–Crippen LogP) is 4.24.